The van der Waals surface area contributed by atoms with E-state index in [1.54, 1.807) is 0 Å². The molecule has 600 valence electrons. The highest BCUT2D eigenvalue weighted by atomic mass is 31.2. The Kier molecular flexibility index (Phi) is 73.5. The summed E-state index contributed by atoms with van der Waals surface area (Å²) in [4.78, 5) is 73.0. The first-order valence-corrected chi connectivity index (χ1v) is 45.6. The smallest absolute Gasteiger partial charge is 0.462 e. The summed E-state index contributed by atoms with van der Waals surface area (Å²) in [5, 5.41) is 10.6. The maximum absolute atomic E-state index is 13.1. The number of aliphatic hydroxyl groups is 1. The Morgan fingerprint density at radius 3 is 0.673 bits per heavy atom. The van der Waals surface area contributed by atoms with E-state index in [0.29, 0.717) is 31.6 Å². The van der Waals surface area contributed by atoms with Crippen molar-refractivity contribution in [2.75, 3.05) is 39.6 Å². The maximum Gasteiger partial charge on any atom is 0.472 e. The van der Waals surface area contributed by atoms with Crippen LogP contribution in [0.25, 0.3) is 0 Å². The number of phosphoric acid groups is 2. The largest absolute Gasteiger partial charge is 0.472 e. The van der Waals surface area contributed by atoms with Gasteiger partial charge in [-0.25, -0.2) is 9.13 Å². The number of ether oxygens (including phenoxy) is 4. The van der Waals surface area contributed by atoms with Gasteiger partial charge in [-0.3, -0.25) is 37.3 Å². The van der Waals surface area contributed by atoms with E-state index in [1.807, 2.05) is 0 Å². The number of hydrogen-bond acceptors (Lipinski definition) is 15. The maximum atomic E-state index is 13.1. The molecule has 0 radical (unpaired) electrons. The van der Waals surface area contributed by atoms with Crippen LogP contribution >= 0.6 is 15.6 Å². The number of carbonyl (C=O) groups excluding carboxylic acids is 4. The summed E-state index contributed by atoms with van der Waals surface area (Å²) in [6.45, 7) is 7.25. The number of phosphoric ester groups is 2. The van der Waals surface area contributed by atoms with Gasteiger partial charge in [0.25, 0.3) is 0 Å². The molecule has 19 heteroatoms. The van der Waals surface area contributed by atoms with Gasteiger partial charge in [0.1, 0.15) is 19.3 Å². The van der Waals surface area contributed by atoms with Crippen LogP contribution in [0.2, 0.25) is 0 Å². The van der Waals surface area contributed by atoms with E-state index >= 15 is 0 Å². The molecule has 0 saturated heterocycles. The summed E-state index contributed by atoms with van der Waals surface area (Å²) in [6, 6.07) is 0. The summed E-state index contributed by atoms with van der Waals surface area (Å²) in [5.74, 6) is -1.43. The van der Waals surface area contributed by atoms with Crippen LogP contribution in [0.4, 0.5) is 0 Å². The van der Waals surface area contributed by atoms with Gasteiger partial charge in [-0.05, 0) is 31.6 Å². The third-order valence-corrected chi connectivity index (χ3v) is 21.2. The number of hydrogen-bond donors (Lipinski definition) is 3. The Morgan fingerprint density at radius 1 is 0.267 bits per heavy atom. The standard InChI is InChI=1S/C82H160O17P2/c1-6-9-12-15-18-21-24-27-30-31-32-33-34-35-36-39-42-45-48-51-58-63-67-81(86)98-77(71-92-79(84)65-60-55-49-46-43-40-37-28-25-22-19-16-13-10-7-2)73-96-100(88,89)94-69-76(83)70-95-101(90,91)97-74-78(72-93-80(85)66-61-56-53-52-54-59-64-75(4)5)99-82(87)68-62-57-50-47-44-41-38-29-26-23-20-17-14-11-8-3/h75-78,83H,6-74H2,1-5H3,(H,88,89)(H,90,91)/t76-,77-,78-/m1/s1. The fourth-order valence-electron chi connectivity index (χ4n) is 12.8. The zero-order valence-corrected chi connectivity index (χ0v) is 67.8. The molecule has 0 rings (SSSR count). The third-order valence-electron chi connectivity index (χ3n) is 19.3. The Morgan fingerprint density at radius 2 is 0.455 bits per heavy atom. The van der Waals surface area contributed by atoms with Crippen LogP contribution < -0.4 is 0 Å². The van der Waals surface area contributed by atoms with Crippen molar-refractivity contribution in [1.82, 2.24) is 0 Å². The lowest BCUT2D eigenvalue weighted by Crippen LogP contribution is -2.30. The zero-order chi connectivity index (χ0) is 74.1. The van der Waals surface area contributed by atoms with Crippen LogP contribution in [0.3, 0.4) is 0 Å². The topological polar surface area (TPSA) is 237 Å². The third kappa shape index (κ3) is 76.1. The average molecular weight is 1480 g/mol. The number of unbranched alkanes of at least 4 members (excludes halogenated alkanes) is 54. The second-order valence-corrected chi connectivity index (χ2v) is 32.9. The molecule has 3 N–H and O–H groups in total. The molecular weight excluding hydrogens is 1320 g/mol. The Hall–Kier alpha value is -1.94. The van der Waals surface area contributed by atoms with E-state index in [2.05, 4.69) is 34.6 Å². The summed E-state index contributed by atoms with van der Waals surface area (Å²) < 4.78 is 68.7. The number of rotatable bonds is 82. The highest BCUT2D eigenvalue weighted by Gasteiger charge is 2.30. The minimum atomic E-state index is -4.96. The first-order chi connectivity index (χ1) is 49.0. The van der Waals surface area contributed by atoms with Crippen molar-refractivity contribution in [3.8, 4) is 0 Å². The number of esters is 4. The fraction of sp³-hybridized carbons (Fsp3) is 0.951. The van der Waals surface area contributed by atoms with Crippen molar-refractivity contribution in [3.05, 3.63) is 0 Å². The predicted octanol–water partition coefficient (Wildman–Crippen LogP) is 24.8. The van der Waals surface area contributed by atoms with Gasteiger partial charge < -0.3 is 33.8 Å². The van der Waals surface area contributed by atoms with E-state index in [4.69, 9.17) is 37.0 Å². The van der Waals surface area contributed by atoms with Crippen LogP contribution in [0, 0.1) is 5.92 Å². The van der Waals surface area contributed by atoms with Gasteiger partial charge in [-0.1, -0.05) is 388 Å². The minimum Gasteiger partial charge on any atom is -0.462 e. The van der Waals surface area contributed by atoms with Crippen LogP contribution in [-0.4, -0.2) is 96.7 Å². The van der Waals surface area contributed by atoms with E-state index in [-0.39, 0.29) is 25.7 Å². The lowest BCUT2D eigenvalue weighted by molar-refractivity contribution is -0.161. The highest BCUT2D eigenvalue weighted by molar-refractivity contribution is 7.47. The molecule has 0 aromatic rings. The van der Waals surface area contributed by atoms with Crippen LogP contribution in [0.5, 0.6) is 0 Å². The van der Waals surface area contributed by atoms with Gasteiger partial charge in [0.2, 0.25) is 0 Å². The summed E-state index contributed by atoms with van der Waals surface area (Å²) >= 11 is 0. The van der Waals surface area contributed by atoms with E-state index < -0.39 is 97.5 Å². The predicted molar refractivity (Wildman–Crippen MR) is 414 cm³/mol. The summed E-state index contributed by atoms with van der Waals surface area (Å²) in [5.41, 5.74) is 0. The average Bonchev–Trinajstić information content (AvgIpc) is 1.00. The second kappa shape index (κ2) is 74.9. The van der Waals surface area contributed by atoms with Crippen molar-refractivity contribution in [3.63, 3.8) is 0 Å². The minimum absolute atomic E-state index is 0.107. The van der Waals surface area contributed by atoms with E-state index in [9.17, 15) is 43.2 Å². The normalized spacial score (nSPS) is 13.8. The van der Waals surface area contributed by atoms with E-state index in [1.165, 1.54) is 257 Å². The lowest BCUT2D eigenvalue weighted by Gasteiger charge is -2.21. The molecule has 0 heterocycles. The molecule has 17 nitrogen and oxygen atoms in total. The lowest BCUT2D eigenvalue weighted by atomic mass is 10.0. The SMILES string of the molecule is CCCCCCCCCCCCCCCCCCCCCCCCC(=O)O[C@H](COC(=O)CCCCCCCCCCCCCCCCC)COP(=O)(O)OC[C@@H](O)COP(=O)(O)OC[C@@H](COC(=O)CCCCCCCCC(C)C)OC(=O)CCCCCCCCCCCCCCCCC. The van der Waals surface area contributed by atoms with Gasteiger partial charge in [-0.15, -0.1) is 0 Å². The molecule has 0 fully saturated rings. The van der Waals surface area contributed by atoms with Gasteiger partial charge in [0, 0.05) is 25.7 Å². The van der Waals surface area contributed by atoms with Crippen molar-refractivity contribution in [2.24, 2.45) is 5.92 Å². The molecule has 0 amide bonds. The van der Waals surface area contributed by atoms with Gasteiger partial charge in [0.15, 0.2) is 12.2 Å². The Labute approximate surface area is 619 Å². The summed E-state index contributed by atoms with van der Waals surface area (Å²) in [7, 11) is -9.92. The molecule has 0 aliphatic heterocycles. The molecule has 2 unspecified atom stereocenters. The first kappa shape index (κ1) is 99.1. The molecule has 0 aromatic heterocycles. The first-order valence-electron chi connectivity index (χ1n) is 42.6. The molecule has 0 aliphatic carbocycles. The molecule has 0 aliphatic rings. The molecule has 101 heavy (non-hydrogen) atoms. The quantitative estimate of drug-likeness (QED) is 0.0222. The molecule has 5 atom stereocenters. The highest BCUT2D eigenvalue weighted by Crippen LogP contribution is 2.45. The Balaban J connectivity index is 5.19. The van der Waals surface area contributed by atoms with Crippen LogP contribution in [0.15, 0.2) is 0 Å². The number of carbonyl (C=O) groups is 4. The fourth-order valence-corrected chi connectivity index (χ4v) is 14.3. The van der Waals surface area contributed by atoms with Crippen molar-refractivity contribution < 1.29 is 80.2 Å². The molecule has 0 saturated carbocycles. The van der Waals surface area contributed by atoms with Crippen molar-refractivity contribution >= 4 is 39.5 Å². The zero-order valence-electron chi connectivity index (χ0n) is 66.1. The second-order valence-electron chi connectivity index (χ2n) is 30.0. The van der Waals surface area contributed by atoms with Crippen LogP contribution in [-0.2, 0) is 65.4 Å². The van der Waals surface area contributed by atoms with Crippen LogP contribution in [0.1, 0.15) is 439 Å². The van der Waals surface area contributed by atoms with Gasteiger partial charge >= 0.3 is 39.5 Å². The molecule has 0 bridgehead atoms. The van der Waals surface area contributed by atoms with Crippen molar-refractivity contribution in [1.29, 1.82) is 0 Å². The summed E-state index contributed by atoms with van der Waals surface area (Å²) in [6.07, 6.45) is 66.9. The molecule has 0 spiro atoms. The molecular formula is C82H160O17P2. The van der Waals surface area contributed by atoms with Gasteiger partial charge in [0.05, 0.1) is 26.4 Å². The van der Waals surface area contributed by atoms with E-state index in [0.717, 1.165) is 96.3 Å². The number of aliphatic hydroxyl groups excluding tert-OH is 1. The Bertz CT molecular complexity index is 1930. The van der Waals surface area contributed by atoms with Gasteiger partial charge in [-0.2, -0.15) is 0 Å². The van der Waals surface area contributed by atoms with Crippen molar-refractivity contribution in [2.45, 2.75) is 457 Å². The molecule has 0 aromatic carbocycles. The monoisotopic (exact) mass is 1480 g/mol.